The second-order valence-electron chi connectivity index (χ2n) is 3.71. The minimum Gasteiger partial charge on any atom is -0.298 e. The summed E-state index contributed by atoms with van der Waals surface area (Å²) in [5.41, 5.74) is 3.67. The summed E-state index contributed by atoms with van der Waals surface area (Å²) in [6.45, 7) is 5.86. The lowest BCUT2D eigenvalue weighted by molar-refractivity contribution is -0.116. The molecule has 0 aliphatic rings. The van der Waals surface area contributed by atoms with Crippen LogP contribution >= 0.6 is 15.9 Å². The van der Waals surface area contributed by atoms with E-state index in [0.29, 0.717) is 0 Å². The zero-order chi connectivity index (χ0) is 11.4. The zero-order valence-corrected chi connectivity index (χ0v) is 11.1. The summed E-state index contributed by atoms with van der Waals surface area (Å²) in [5, 5.41) is 0. The summed E-state index contributed by atoms with van der Waals surface area (Å²) in [6.07, 6.45) is 1.98. The van der Waals surface area contributed by atoms with E-state index < -0.39 is 0 Å². The Morgan fingerprint density at radius 3 is 2.47 bits per heavy atom. The molecule has 0 aliphatic heterocycles. The molecule has 1 aromatic rings. The van der Waals surface area contributed by atoms with Crippen LogP contribution in [0.4, 0.5) is 0 Å². The first-order chi connectivity index (χ1) is 7.10. The van der Waals surface area contributed by atoms with Crippen molar-refractivity contribution in [3.63, 3.8) is 0 Å². The van der Waals surface area contributed by atoms with Crippen LogP contribution in [-0.2, 0) is 17.6 Å². The Morgan fingerprint density at radius 1 is 1.33 bits per heavy atom. The topological polar surface area (TPSA) is 17.1 Å². The lowest BCUT2D eigenvalue weighted by atomic mass is 9.97. The molecule has 0 aliphatic carbocycles. The Bertz CT molecular complexity index is 358. The third kappa shape index (κ3) is 2.91. The number of Topliss-reactive ketones (excluding diaryl/α,β-unsaturated/α-hetero) is 1. The summed E-state index contributed by atoms with van der Waals surface area (Å²) < 4.78 is 0. The fourth-order valence-corrected chi connectivity index (χ4v) is 2.07. The van der Waals surface area contributed by atoms with Crippen molar-refractivity contribution in [2.24, 2.45) is 0 Å². The molecule has 0 aromatic heterocycles. The Hall–Kier alpha value is -0.630. The molecule has 1 unspecified atom stereocenters. The quantitative estimate of drug-likeness (QED) is 0.759. The summed E-state index contributed by atoms with van der Waals surface area (Å²) in [6, 6.07) is 6.41. The van der Waals surface area contributed by atoms with Gasteiger partial charge < -0.3 is 0 Å². The molecule has 0 saturated heterocycles. The van der Waals surface area contributed by atoms with E-state index in [-0.39, 0.29) is 10.6 Å². The van der Waals surface area contributed by atoms with Crippen molar-refractivity contribution < 1.29 is 4.79 Å². The van der Waals surface area contributed by atoms with Crippen molar-refractivity contribution in [1.82, 2.24) is 0 Å². The van der Waals surface area contributed by atoms with Gasteiger partial charge in [0, 0.05) is 0 Å². The van der Waals surface area contributed by atoms with Crippen LogP contribution in [0.5, 0.6) is 0 Å². The highest BCUT2D eigenvalue weighted by Gasteiger charge is 2.15. The number of halogens is 1. The lowest BCUT2D eigenvalue weighted by Crippen LogP contribution is -2.05. The van der Waals surface area contributed by atoms with Gasteiger partial charge in [-0.1, -0.05) is 48.0 Å². The van der Waals surface area contributed by atoms with Crippen LogP contribution in [0.15, 0.2) is 18.2 Å². The molecule has 1 atom stereocenters. The first-order valence-corrected chi connectivity index (χ1v) is 6.27. The van der Waals surface area contributed by atoms with E-state index in [2.05, 4.69) is 48.0 Å². The standard InChI is InChI=1S/C13H17BrO/c1-4-10-6-7-11(5-2)12(8-10)13(14)9(3)15/h6-8,13H,4-5H2,1-3H3. The third-order valence-electron chi connectivity index (χ3n) is 2.63. The van der Waals surface area contributed by atoms with Crippen molar-refractivity contribution in [2.45, 2.75) is 38.4 Å². The van der Waals surface area contributed by atoms with Gasteiger partial charge in [0.1, 0.15) is 5.78 Å². The second kappa shape index (κ2) is 5.45. The highest BCUT2D eigenvalue weighted by Crippen LogP contribution is 2.28. The molecule has 0 N–H and O–H groups in total. The van der Waals surface area contributed by atoms with E-state index in [1.54, 1.807) is 6.92 Å². The maximum atomic E-state index is 11.4. The molecule has 0 heterocycles. The Labute approximate surface area is 100 Å². The average Bonchev–Trinajstić information content (AvgIpc) is 2.27. The Kier molecular flexibility index (Phi) is 4.52. The number of hydrogen-bond acceptors (Lipinski definition) is 1. The van der Waals surface area contributed by atoms with Crippen molar-refractivity contribution in [3.8, 4) is 0 Å². The van der Waals surface area contributed by atoms with Crippen molar-refractivity contribution in [1.29, 1.82) is 0 Å². The van der Waals surface area contributed by atoms with E-state index in [9.17, 15) is 4.79 Å². The van der Waals surface area contributed by atoms with Crippen LogP contribution in [0.3, 0.4) is 0 Å². The number of rotatable bonds is 4. The molecule has 0 fully saturated rings. The Balaban J connectivity index is 3.16. The van der Waals surface area contributed by atoms with Gasteiger partial charge in [-0.25, -0.2) is 0 Å². The number of carbonyl (C=O) groups excluding carboxylic acids is 1. The normalized spacial score (nSPS) is 12.5. The second-order valence-corrected chi connectivity index (χ2v) is 4.63. The van der Waals surface area contributed by atoms with Gasteiger partial charge in [0.05, 0.1) is 4.83 Å². The smallest absolute Gasteiger partial charge is 0.147 e. The SMILES string of the molecule is CCc1ccc(CC)c(C(Br)C(C)=O)c1. The number of carbonyl (C=O) groups is 1. The van der Waals surface area contributed by atoms with Gasteiger partial charge >= 0.3 is 0 Å². The zero-order valence-electron chi connectivity index (χ0n) is 9.51. The molecule has 0 spiro atoms. The minimum atomic E-state index is -0.154. The van der Waals surface area contributed by atoms with E-state index in [4.69, 9.17) is 0 Å². The van der Waals surface area contributed by atoms with Crippen LogP contribution in [0.1, 0.15) is 42.3 Å². The average molecular weight is 269 g/mol. The van der Waals surface area contributed by atoms with Gasteiger partial charge in [-0.05, 0) is 36.5 Å². The maximum absolute atomic E-state index is 11.4. The van der Waals surface area contributed by atoms with Crippen molar-refractivity contribution >= 4 is 21.7 Å². The monoisotopic (exact) mass is 268 g/mol. The predicted octanol–water partition coefficient (Wildman–Crippen LogP) is 3.84. The Morgan fingerprint density at radius 2 is 2.00 bits per heavy atom. The first-order valence-electron chi connectivity index (χ1n) is 5.36. The molecule has 0 amide bonds. The molecule has 0 saturated carbocycles. The van der Waals surface area contributed by atoms with E-state index in [0.717, 1.165) is 18.4 Å². The van der Waals surface area contributed by atoms with Crippen LogP contribution in [0.2, 0.25) is 0 Å². The summed E-state index contributed by atoms with van der Waals surface area (Å²) in [5.74, 6) is 0.165. The molecule has 1 aromatic carbocycles. The van der Waals surface area contributed by atoms with Gasteiger partial charge in [0.25, 0.3) is 0 Å². The van der Waals surface area contributed by atoms with Crippen molar-refractivity contribution in [3.05, 3.63) is 34.9 Å². The first kappa shape index (κ1) is 12.4. The third-order valence-corrected chi connectivity index (χ3v) is 3.77. The molecule has 0 bridgehead atoms. The summed E-state index contributed by atoms with van der Waals surface area (Å²) in [4.78, 5) is 11.2. The number of aryl methyl sites for hydroxylation is 2. The molecule has 0 radical (unpaired) electrons. The highest BCUT2D eigenvalue weighted by molar-refractivity contribution is 9.09. The molecular formula is C13H17BrO. The van der Waals surface area contributed by atoms with Gasteiger partial charge in [-0.3, -0.25) is 4.79 Å². The molecule has 15 heavy (non-hydrogen) atoms. The van der Waals surface area contributed by atoms with Crippen molar-refractivity contribution in [2.75, 3.05) is 0 Å². The van der Waals surface area contributed by atoms with Crippen LogP contribution < -0.4 is 0 Å². The van der Waals surface area contributed by atoms with Crippen LogP contribution in [-0.4, -0.2) is 5.78 Å². The highest BCUT2D eigenvalue weighted by atomic mass is 79.9. The van der Waals surface area contributed by atoms with E-state index >= 15 is 0 Å². The van der Waals surface area contributed by atoms with Gasteiger partial charge in [0.15, 0.2) is 0 Å². The summed E-state index contributed by atoms with van der Waals surface area (Å²) >= 11 is 3.46. The molecule has 2 heteroatoms. The fraction of sp³-hybridized carbons (Fsp3) is 0.462. The summed E-state index contributed by atoms with van der Waals surface area (Å²) in [7, 11) is 0. The number of hydrogen-bond donors (Lipinski definition) is 0. The van der Waals surface area contributed by atoms with E-state index in [1.165, 1.54) is 11.1 Å². The van der Waals surface area contributed by atoms with Gasteiger partial charge in [0.2, 0.25) is 0 Å². The molecular weight excluding hydrogens is 252 g/mol. The fourth-order valence-electron chi connectivity index (χ4n) is 1.64. The molecule has 1 nitrogen and oxygen atoms in total. The number of ketones is 1. The van der Waals surface area contributed by atoms with Gasteiger partial charge in [-0.2, -0.15) is 0 Å². The number of benzene rings is 1. The number of alkyl halides is 1. The lowest BCUT2D eigenvalue weighted by Gasteiger charge is -2.13. The molecule has 1 rings (SSSR count). The maximum Gasteiger partial charge on any atom is 0.147 e. The van der Waals surface area contributed by atoms with Crippen LogP contribution in [0, 0.1) is 0 Å². The minimum absolute atomic E-state index is 0.154. The molecule has 82 valence electrons. The van der Waals surface area contributed by atoms with E-state index in [1.807, 2.05) is 0 Å². The predicted molar refractivity (Wildman–Crippen MR) is 67.5 cm³/mol. The largest absolute Gasteiger partial charge is 0.298 e. The van der Waals surface area contributed by atoms with Gasteiger partial charge in [-0.15, -0.1) is 0 Å². The van der Waals surface area contributed by atoms with Crippen LogP contribution in [0.25, 0.3) is 0 Å².